The van der Waals surface area contributed by atoms with Gasteiger partial charge >= 0.3 is 0 Å². The van der Waals surface area contributed by atoms with Crippen LogP contribution in [0.3, 0.4) is 0 Å². The maximum Gasteiger partial charge on any atom is 0.165 e. The van der Waals surface area contributed by atoms with Crippen LogP contribution in [0.15, 0.2) is 70.9 Å². The molecule has 3 N–H and O–H groups in total. The Kier molecular flexibility index (Phi) is 6.45. The number of fused-ring (bicyclic) bond motifs is 1. The maximum atomic E-state index is 6.42. The number of pyridine rings is 2. The van der Waals surface area contributed by atoms with Crippen molar-refractivity contribution in [1.82, 2.24) is 25.3 Å². The number of nitrogens with one attached hydrogen (secondary N) is 1. The number of anilines is 1. The monoisotopic (exact) mass is 558 g/mol. The molecule has 4 aromatic heterocycles. The molecule has 1 atom stereocenters. The fraction of sp³-hybridized carbons (Fsp3) is 0.185. The van der Waals surface area contributed by atoms with E-state index in [1.807, 2.05) is 18.3 Å². The summed E-state index contributed by atoms with van der Waals surface area (Å²) in [5.41, 5.74) is 12.9. The number of hydrogen-bond acceptors (Lipinski definition) is 8. The van der Waals surface area contributed by atoms with Crippen molar-refractivity contribution in [2.24, 2.45) is 0 Å². The smallest absolute Gasteiger partial charge is 0.165 e. The number of aromatic nitrogens is 4. The van der Waals surface area contributed by atoms with Gasteiger partial charge in [0.25, 0.3) is 0 Å². The van der Waals surface area contributed by atoms with E-state index in [4.69, 9.17) is 20.4 Å². The summed E-state index contributed by atoms with van der Waals surface area (Å²) < 4.78 is 6.90. The predicted molar refractivity (Wildman–Crippen MR) is 147 cm³/mol. The minimum atomic E-state index is -0.0484. The van der Waals surface area contributed by atoms with Crippen LogP contribution in [0, 0.1) is 0 Å². The van der Waals surface area contributed by atoms with Crippen molar-refractivity contribution >= 4 is 44.1 Å². The van der Waals surface area contributed by atoms with Crippen LogP contribution in [-0.2, 0) is 11.2 Å². The van der Waals surface area contributed by atoms with E-state index in [0.717, 1.165) is 55.9 Å². The Hall–Kier alpha value is -3.24. The normalized spacial score (nSPS) is 15.9. The van der Waals surface area contributed by atoms with Crippen molar-refractivity contribution in [3.05, 3.63) is 87.7 Å². The molecular formula is C27H23BrN6OS. The quantitative estimate of drug-likeness (QED) is 0.297. The van der Waals surface area contributed by atoms with E-state index >= 15 is 0 Å². The molecule has 5 heterocycles. The molecule has 36 heavy (non-hydrogen) atoms. The first-order valence-corrected chi connectivity index (χ1v) is 13.3. The van der Waals surface area contributed by atoms with Gasteiger partial charge in [-0.05, 0) is 45.3 Å². The van der Waals surface area contributed by atoms with E-state index in [2.05, 4.69) is 73.0 Å². The molecule has 5 aromatic rings. The Labute approximate surface area is 220 Å². The molecule has 1 aromatic carbocycles. The third kappa shape index (κ3) is 4.51. The second-order valence-electron chi connectivity index (χ2n) is 8.60. The summed E-state index contributed by atoms with van der Waals surface area (Å²) in [6.07, 6.45) is 3.98. The zero-order chi connectivity index (χ0) is 24.5. The Morgan fingerprint density at radius 2 is 2.00 bits per heavy atom. The fourth-order valence-corrected chi connectivity index (χ4v) is 6.08. The average molecular weight is 559 g/mol. The van der Waals surface area contributed by atoms with Gasteiger partial charge in [0.2, 0.25) is 0 Å². The molecule has 7 nitrogen and oxygen atoms in total. The summed E-state index contributed by atoms with van der Waals surface area (Å²) in [5, 5.41) is 6.21. The first-order chi connectivity index (χ1) is 17.7. The highest BCUT2D eigenvalue weighted by molar-refractivity contribution is 9.10. The third-order valence-corrected chi connectivity index (χ3v) is 7.98. The molecule has 1 unspecified atom stereocenters. The molecule has 1 aliphatic heterocycles. The molecule has 1 fully saturated rings. The Morgan fingerprint density at radius 3 is 2.72 bits per heavy atom. The van der Waals surface area contributed by atoms with Crippen LogP contribution in [0.1, 0.15) is 22.9 Å². The number of hydrogen-bond donors (Lipinski definition) is 2. The molecule has 6 rings (SSSR count). The lowest BCUT2D eigenvalue weighted by Gasteiger charge is -2.23. The summed E-state index contributed by atoms with van der Waals surface area (Å²) in [5.74, 6) is 0.420. The van der Waals surface area contributed by atoms with Crippen LogP contribution in [0.4, 0.5) is 5.82 Å². The van der Waals surface area contributed by atoms with Gasteiger partial charge in [-0.25, -0.2) is 15.0 Å². The molecular weight excluding hydrogens is 536 g/mol. The lowest BCUT2D eigenvalue weighted by molar-refractivity contribution is 0.0250. The van der Waals surface area contributed by atoms with Gasteiger partial charge in [0, 0.05) is 51.6 Å². The van der Waals surface area contributed by atoms with E-state index in [1.54, 1.807) is 11.3 Å². The number of nitrogens with zero attached hydrogens (tertiary/aromatic N) is 4. The lowest BCUT2D eigenvalue weighted by Crippen LogP contribution is -2.33. The lowest BCUT2D eigenvalue weighted by atomic mass is 9.92. The predicted octanol–water partition coefficient (Wildman–Crippen LogP) is 5.41. The van der Waals surface area contributed by atoms with Crippen LogP contribution in [0.5, 0.6) is 0 Å². The van der Waals surface area contributed by atoms with Gasteiger partial charge in [0.15, 0.2) is 5.65 Å². The van der Waals surface area contributed by atoms with Gasteiger partial charge in [-0.2, -0.15) is 0 Å². The van der Waals surface area contributed by atoms with Gasteiger partial charge < -0.3 is 15.8 Å². The Morgan fingerprint density at radius 1 is 1.11 bits per heavy atom. The highest BCUT2D eigenvalue weighted by Crippen LogP contribution is 2.42. The standard InChI is InChI=1S/C27H23BrN6OS/c28-18-11-22(36-14-18)23-19(10-16-4-2-1-3-5-16)25(34-27-24(23)26(29)32-15-33-27)17-6-7-20(31-12-17)21-13-30-8-9-35-21/h1-7,11-12,14-15,21,30H,8-10,13H2,(H2,29,32,33,34). The number of nitrogen functional groups attached to an aromatic ring is 1. The van der Waals surface area contributed by atoms with Crippen molar-refractivity contribution in [2.45, 2.75) is 12.5 Å². The summed E-state index contributed by atoms with van der Waals surface area (Å²) >= 11 is 5.27. The van der Waals surface area contributed by atoms with Gasteiger partial charge in [0.05, 0.1) is 23.4 Å². The molecule has 180 valence electrons. The number of halogens is 1. The number of nitrogens with two attached hydrogens (primary N) is 1. The second kappa shape index (κ2) is 10.0. The van der Waals surface area contributed by atoms with Crippen LogP contribution < -0.4 is 11.1 Å². The van der Waals surface area contributed by atoms with Crippen LogP contribution in [0.25, 0.3) is 32.7 Å². The molecule has 0 spiro atoms. The highest BCUT2D eigenvalue weighted by Gasteiger charge is 2.23. The van der Waals surface area contributed by atoms with Crippen LogP contribution in [-0.4, -0.2) is 39.6 Å². The van der Waals surface area contributed by atoms with Gasteiger partial charge in [-0.1, -0.05) is 30.3 Å². The number of benzene rings is 1. The summed E-state index contributed by atoms with van der Waals surface area (Å²) in [6, 6.07) is 16.6. The van der Waals surface area contributed by atoms with Crippen molar-refractivity contribution in [3.8, 4) is 21.7 Å². The van der Waals surface area contributed by atoms with E-state index < -0.39 is 0 Å². The Balaban J connectivity index is 1.57. The summed E-state index contributed by atoms with van der Waals surface area (Å²) in [4.78, 5) is 19.7. The Bertz CT molecular complexity index is 1520. The van der Waals surface area contributed by atoms with Crippen LogP contribution in [0.2, 0.25) is 0 Å². The molecule has 0 aliphatic carbocycles. The maximum absolute atomic E-state index is 6.42. The first-order valence-electron chi connectivity index (χ1n) is 11.7. The molecule has 0 amide bonds. The van der Waals surface area contributed by atoms with Crippen molar-refractivity contribution < 1.29 is 4.74 Å². The molecule has 0 saturated carbocycles. The minimum absolute atomic E-state index is 0.0484. The molecule has 9 heteroatoms. The number of thiophene rings is 1. The molecule has 0 bridgehead atoms. The number of morpholine rings is 1. The molecule has 1 saturated heterocycles. The fourth-order valence-electron chi connectivity index (χ4n) is 4.57. The zero-order valence-corrected chi connectivity index (χ0v) is 21.7. The zero-order valence-electron chi connectivity index (χ0n) is 19.3. The largest absolute Gasteiger partial charge is 0.383 e. The first kappa shape index (κ1) is 23.2. The summed E-state index contributed by atoms with van der Waals surface area (Å²) in [7, 11) is 0. The minimum Gasteiger partial charge on any atom is -0.383 e. The van der Waals surface area contributed by atoms with Crippen molar-refractivity contribution in [3.63, 3.8) is 0 Å². The SMILES string of the molecule is Nc1ncnc2nc(-c3ccc(C4CNCCO4)nc3)c(Cc3ccccc3)c(-c3cc(Br)cs3)c12. The topological polar surface area (TPSA) is 98.8 Å². The van der Waals surface area contributed by atoms with Gasteiger partial charge in [-0.3, -0.25) is 4.98 Å². The number of ether oxygens (including phenoxy) is 1. The van der Waals surface area contributed by atoms with E-state index in [1.165, 1.54) is 11.9 Å². The van der Waals surface area contributed by atoms with E-state index in [-0.39, 0.29) is 6.10 Å². The third-order valence-electron chi connectivity index (χ3n) is 6.27. The van der Waals surface area contributed by atoms with Gasteiger partial charge in [-0.15, -0.1) is 11.3 Å². The van der Waals surface area contributed by atoms with Crippen molar-refractivity contribution in [2.75, 3.05) is 25.4 Å². The van der Waals surface area contributed by atoms with Crippen molar-refractivity contribution in [1.29, 1.82) is 0 Å². The molecule has 0 radical (unpaired) electrons. The average Bonchev–Trinajstić information content (AvgIpc) is 3.35. The van der Waals surface area contributed by atoms with Gasteiger partial charge in [0.1, 0.15) is 18.2 Å². The van der Waals surface area contributed by atoms with Crippen LogP contribution >= 0.6 is 27.3 Å². The second-order valence-corrected chi connectivity index (χ2v) is 10.4. The number of rotatable bonds is 5. The van der Waals surface area contributed by atoms with E-state index in [0.29, 0.717) is 24.5 Å². The highest BCUT2D eigenvalue weighted by atomic mass is 79.9. The van der Waals surface area contributed by atoms with E-state index in [9.17, 15) is 0 Å². The molecule has 1 aliphatic rings. The summed E-state index contributed by atoms with van der Waals surface area (Å²) in [6.45, 7) is 2.31.